The summed E-state index contributed by atoms with van der Waals surface area (Å²) in [5, 5.41) is 0.443. The van der Waals surface area contributed by atoms with E-state index in [1.807, 2.05) is 0 Å². The lowest BCUT2D eigenvalue weighted by Gasteiger charge is -2.08. The summed E-state index contributed by atoms with van der Waals surface area (Å²) in [6.45, 7) is 2.04. The highest BCUT2D eigenvalue weighted by molar-refractivity contribution is 9.10. The fourth-order valence-electron chi connectivity index (χ4n) is 0.918. The van der Waals surface area contributed by atoms with Crippen molar-refractivity contribution in [1.29, 1.82) is 0 Å². The summed E-state index contributed by atoms with van der Waals surface area (Å²) >= 11 is 9.17. The van der Waals surface area contributed by atoms with Gasteiger partial charge in [0, 0.05) is 4.47 Å². The molecular formula is C10H11BrClNO3. The third kappa shape index (κ3) is 4.38. The van der Waals surface area contributed by atoms with Crippen molar-refractivity contribution in [2.45, 2.75) is 6.92 Å². The van der Waals surface area contributed by atoms with Crippen LogP contribution in [0.15, 0.2) is 22.7 Å². The fraction of sp³-hybridized carbons (Fsp3) is 0.300. The van der Waals surface area contributed by atoms with Gasteiger partial charge in [-0.1, -0.05) is 27.5 Å². The van der Waals surface area contributed by atoms with Gasteiger partial charge in [0.1, 0.15) is 5.75 Å². The van der Waals surface area contributed by atoms with E-state index >= 15 is 0 Å². The highest BCUT2D eigenvalue weighted by Crippen LogP contribution is 2.27. The second-order valence-electron chi connectivity index (χ2n) is 2.82. The number of ether oxygens (including phenoxy) is 1. The van der Waals surface area contributed by atoms with Gasteiger partial charge in [-0.15, -0.1) is 0 Å². The second kappa shape index (κ2) is 6.73. The molecular weight excluding hydrogens is 297 g/mol. The number of hydroxylamine groups is 1. The quantitative estimate of drug-likeness (QED) is 0.850. The smallest absolute Gasteiger partial charge is 0.281 e. The van der Waals surface area contributed by atoms with Gasteiger partial charge in [0.2, 0.25) is 0 Å². The molecule has 16 heavy (non-hydrogen) atoms. The number of carbonyl (C=O) groups is 1. The minimum atomic E-state index is -0.360. The molecule has 0 heterocycles. The van der Waals surface area contributed by atoms with E-state index in [0.29, 0.717) is 17.4 Å². The normalized spacial score (nSPS) is 9.94. The molecule has 1 amide bonds. The van der Waals surface area contributed by atoms with E-state index < -0.39 is 0 Å². The summed E-state index contributed by atoms with van der Waals surface area (Å²) in [6.07, 6.45) is 0. The summed E-state index contributed by atoms with van der Waals surface area (Å²) in [4.78, 5) is 15.9. The van der Waals surface area contributed by atoms with Crippen molar-refractivity contribution in [3.8, 4) is 5.75 Å². The molecule has 0 aliphatic heterocycles. The predicted octanol–water partition coefficient (Wildman–Crippen LogP) is 2.55. The Labute approximate surface area is 107 Å². The Hall–Kier alpha value is -0.780. The maximum absolute atomic E-state index is 11.1. The monoisotopic (exact) mass is 307 g/mol. The van der Waals surface area contributed by atoms with Crippen LogP contribution in [0.4, 0.5) is 0 Å². The SMILES string of the molecule is CCONC(=O)COc1ccc(Br)cc1Cl. The lowest BCUT2D eigenvalue weighted by molar-refractivity contribution is -0.135. The van der Waals surface area contributed by atoms with Gasteiger partial charge in [-0.05, 0) is 25.1 Å². The van der Waals surface area contributed by atoms with Crippen molar-refractivity contribution < 1.29 is 14.4 Å². The van der Waals surface area contributed by atoms with E-state index in [9.17, 15) is 4.79 Å². The molecule has 0 aliphatic rings. The van der Waals surface area contributed by atoms with Gasteiger partial charge in [-0.3, -0.25) is 9.63 Å². The third-order valence-corrected chi connectivity index (χ3v) is 2.37. The molecule has 1 aromatic rings. The lowest BCUT2D eigenvalue weighted by atomic mass is 10.3. The summed E-state index contributed by atoms with van der Waals surface area (Å²) in [5.74, 6) is 0.0948. The van der Waals surface area contributed by atoms with E-state index in [4.69, 9.17) is 21.2 Å². The summed E-state index contributed by atoms with van der Waals surface area (Å²) in [6, 6.07) is 5.15. The average Bonchev–Trinajstić information content (AvgIpc) is 2.25. The fourth-order valence-corrected chi connectivity index (χ4v) is 1.65. The molecule has 0 aliphatic carbocycles. The molecule has 0 saturated heterocycles. The molecule has 0 saturated carbocycles. The van der Waals surface area contributed by atoms with Crippen LogP contribution in [0.5, 0.6) is 5.75 Å². The van der Waals surface area contributed by atoms with Crippen LogP contribution in [0.1, 0.15) is 6.92 Å². The zero-order valence-corrected chi connectivity index (χ0v) is 11.0. The second-order valence-corrected chi connectivity index (χ2v) is 4.14. The van der Waals surface area contributed by atoms with Gasteiger partial charge in [0.15, 0.2) is 6.61 Å². The number of amides is 1. The predicted molar refractivity (Wildman–Crippen MR) is 64.4 cm³/mol. The van der Waals surface area contributed by atoms with E-state index in [1.165, 1.54) is 0 Å². The molecule has 0 spiro atoms. The maximum atomic E-state index is 11.1. The number of halogens is 2. The number of benzene rings is 1. The van der Waals surface area contributed by atoms with E-state index in [-0.39, 0.29) is 12.5 Å². The van der Waals surface area contributed by atoms with Crippen LogP contribution in [-0.2, 0) is 9.63 Å². The molecule has 1 aromatic carbocycles. The zero-order valence-electron chi connectivity index (χ0n) is 8.63. The number of rotatable bonds is 5. The van der Waals surface area contributed by atoms with Gasteiger partial charge in [-0.25, -0.2) is 5.48 Å². The van der Waals surface area contributed by atoms with Crippen LogP contribution < -0.4 is 10.2 Å². The molecule has 0 unspecified atom stereocenters. The topological polar surface area (TPSA) is 47.6 Å². The number of nitrogens with one attached hydrogen (secondary N) is 1. The molecule has 4 nitrogen and oxygen atoms in total. The van der Waals surface area contributed by atoms with Gasteiger partial charge >= 0.3 is 0 Å². The highest BCUT2D eigenvalue weighted by Gasteiger charge is 2.05. The first kappa shape index (κ1) is 13.3. The van der Waals surface area contributed by atoms with E-state index in [0.717, 1.165) is 4.47 Å². The number of hydrogen-bond donors (Lipinski definition) is 1. The van der Waals surface area contributed by atoms with Crippen LogP contribution in [0.25, 0.3) is 0 Å². The highest BCUT2D eigenvalue weighted by atomic mass is 79.9. The van der Waals surface area contributed by atoms with Crippen LogP contribution in [0.3, 0.4) is 0 Å². The minimum absolute atomic E-state index is 0.138. The molecule has 6 heteroatoms. The van der Waals surface area contributed by atoms with Crippen molar-refractivity contribution in [2.75, 3.05) is 13.2 Å². The Morgan fingerprint density at radius 3 is 2.94 bits per heavy atom. The zero-order chi connectivity index (χ0) is 12.0. The van der Waals surface area contributed by atoms with Crippen LogP contribution in [0.2, 0.25) is 5.02 Å². The third-order valence-electron chi connectivity index (χ3n) is 1.58. The van der Waals surface area contributed by atoms with Crippen molar-refractivity contribution in [1.82, 2.24) is 5.48 Å². The lowest BCUT2D eigenvalue weighted by Crippen LogP contribution is -2.29. The van der Waals surface area contributed by atoms with Crippen LogP contribution in [0, 0.1) is 0 Å². The van der Waals surface area contributed by atoms with E-state index in [1.54, 1.807) is 25.1 Å². The first-order valence-electron chi connectivity index (χ1n) is 4.62. The van der Waals surface area contributed by atoms with Gasteiger partial charge < -0.3 is 4.74 Å². The molecule has 0 bridgehead atoms. The number of carbonyl (C=O) groups excluding carboxylic acids is 1. The first-order valence-corrected chi connectivity index (χ1v) is 5.79. The molecule has 0 atom stereocenters. The standard InChI is InChI=1S/C10H11BrClNO3/c1-2-16-13-10(14)6-15-9-4-3-7(11)5-8(9)12/h3-5H,2,6H2,1H3,(H,13,14). The van der Waals surface area contributed by atoms with Crippen molar-refractivity contribution in [2.24, 2.45) is 0 Å². The van der Waals surface area contributed by atoms with Crippen LogP contribution in [-0.4, -0.2) is 19.1 Å². The van der Waals surface area contributed by atoms with Crippen molar-refractivity contribution in [3.05, 3.63) is 27.7 Å². The van der Waals surface area contributed by atoms with E-state index in [2.05, 4.69) is 21.4 Å². The minimum Gasteiger partial charge on any atom is -0.482 e. The molecule has 0 radical (unpaired) electrons. The first-order chi connectivity index (χ1) is 7.63. The average molecular weight is 309 g/mol. The Morgan fingerprint density at radius 1 is 1.56 bits per heavy atom. The van der Waals surface area contributed by atoms with Gasteiger partial charge in [-0.2, -0.15) is 0 Å². The Morgan fingerprint density at radius 2 is 2.31 bits per heavy atom. The molecule has 1 rings (SSSR count). The Balaban J connectivity index is 2.45. The summed E-state index contributed by atoms with van der Waals surface area (Å²) in [5.41, 5.74) is 2.22. The van der Waals surface area contributed by atoms with Gasteiger partial charge in [0.25, 0.3) is 5.91 Å². The molecule has 1 N–H and O–H groups in total. The largest absolute Gasteiger partial charge is 0.482 e. The maximum Gasteiger partial charge on any atom is 0.281 e. The Bertz CT molecular complexity index is 373. The Kier molecular flexibility index (Phi) is 5.59. The van der Waals surface area contributed by atoms with Gasteiger partial charge in [0.05, 0.1) is 11.6 Å². The molecule has 88 valence electrons. The summed E-state index contributed by atoms with van der Waals surface area (Å²) < 4.78 is 6.06. The molecule has 0 fully saturated rings. The van der Waals surface area contributed by atoms with Crippen molar-refractivity contribution in [3.63, 3.8) is 0 Å². The summed E-state index contributed by atoms with van der Waals surface area (Å²) in [7, 11) is 0. The number of hydrogen-bond acceptors (Lipinski definition) is 3. The molecule has 0 aromatic heterocycles. The van der Waals surface area contributed by atoms with Crippen LogP contribution >= 0.6 is 27.5 Å². The van der Waals surface area contributed by atoms with Crippen molar-refractivity contribution >= 4 is 33.4 Å².